The number of nitro groups is 1. The van der Waals surface area contributed by atoms with Gasteiger partial charge in [0.05, 0.1) is 23.7 Å². The van der Waals surface area contributed by atoms with Crippen LogP contribution in [0.5, 0.6) is 0 Å². The normalized spacial score (nSPS) is 22.7. The molecule has 0 heterocycles. The Bertz CT molecular complexity index is 480. The molecule has 1 saturated carbocycles. The molecular formula is C14H18FNO4. The quantitative estimate of drug-likeness (QED) is 0.615. The highest BCUT2D eigenvalue weighted by Crippen LogP contribution is 2.26. The van der Waals surface area contributed by atoms with Crippen molar-refractivity contribution in [2.45, 2.75) is 44.5 Å². The van der Waals surface area contributed by atoms with Gasteiger partial charge in [0, 0.05) is 18.7 Å². The van der Waals surface area contributed by atoms with Crippen LogP contribution in [-0.2, 0) is 16.1 Å². The first-order valence-electron chi connectivity index (χ1n) is 6.68. The number of hydrogen-bond acceptors (Lipinski definition) is 4. The van der Waals surface area contributed by atoms with Crippen LogP contribution in [0.4, 0.5) is 10.1 Å². The highest BCUT2D eigenvalue weighted by molar-refractivity contribution is 5.36. The summed E-state index contributed by atoms with van der Waals surface area (Å²) >= 11 is 0. The minimum atomic E-state index is -0.809. The zero-order chi connectivity index (χ0) is 14.5. The van der Waals surface area contributed by atoms with E-state index in [-0.39, 0.29) is 24.4 Å². The largest absolute Gasteiger partial charge is 0.381 e. The Kier molecular flexibility index (Phi) is 5.03. The molecule has 2 rings (SSSR count). The lowest BCUT2D eigenvalue weighted by atomic mass is 9.95. The van der Waals surface area contributed by atoms with Crippen molar-refractivity contribution in [3.05, 3.63) is 39.7 Å². The van der Waals surface area contributed by atoms with Crippen LogP contribution in [0, 0.1) is 15.9 Å². The molecule has 110 valence electrons. The first kappa shape index (κ1) is 14.9. The van der Waals surface area contributed by atoms with Gasteiger partial charge in [0.1, 0.15) is 0 Å². The number of benzene rings is 1. The smallest absolute Gasteiger partial charge is 0.305 e. The van der Waals surface area contributed by atoms with E-state index in [0.29, 0.717) is 0 Å². The molecule has 0 saturated heterocycles. The van der Waals surface area contributed by atoms with Gasteiger partial charge < -0.3 is 9.47 Å². The lowest BCUT2D eigenvalue weighted by molar-refractivity contribution is -0.387. The summed E-state index contributed by atoms with van der Waals surface area (Å²) in [6, 6.07) is 4.14. The Labute approximate surface area is 116 Å². The van der Waals surface area contributed by atoms with Crippen LogP contribution < -0.4 is 0 Å². The summed E-state index contributed by atoms with van der Waals surface area (Å²) in [7, 11) is 1.67. The molecule has 1 aliphatic rings. The molecule has 0 bridgehead atoms. The van der Waals surface area contributed by atoms with E-state index in [1.54, 1.807) is 7.11 Å². The average Bonchev–Trinajstić information content (AvgIpc) is 2.46. The first-order valence-corrected chi connectivity index (χ1v) is 6.68. The molecule has 0 N–H and O–H groups in total. The van der Waals surface area contributed by atoms with Crippen molar-refractivity contribution >= 4 is 5.69 Å². The van der Waals surface area contributed by atoms with Crippen molar-refractivity contribution in [2.24, 2.45) is 0 Å². The summed E-state index contributed by atoms with van der Waals surface area (Å²) in [4.78, 5) is 9.95. The molecule has 0 aromatic heterocycles. The van der Waals surface area contributed by atoms with E-state index >= 15 is 0 Å². The van der Waals surface area contributed by atoms with Crippen molar-refractivity contribution in [3.63, 3.8) is 0 Å². The lowest BCUT2D eigenvalue weighted by Crippen LogP contribution is -2.27. The van der Waals surface area contributed by atoms with E-state index in [4.69, 9.17) is 9.47 Å². The summed E-state index contributed by atoms with van der Waals surface area (Å²) in [6.45, 7) is 0.0502. The fraction of sp³-hybridized carbons (Fsp3) is 0.571. The van der Waals surface area contributed by atoms with Crippen molar-refractivity contribution in [3.8, 4) is 0 Å². The summed E-state index contributed by atoms with van der Waals surface area (Å²) in [5, 5.41) is 10.7. The number of hydrogen-bond donors (Lipinski definition) is 0. The minimum absolute atomic E-state index is 0.0207. The van der Waals surface area contributed by atoms with Gasteiger partial charge in [-0.2, -0.15) is 4.39 Å². The molecule has 1 aromatic carbocycles. The van der Waals surface area contributed by atoms with E-state index < -0.39 is 16.4 Å². The minimum Gasteiger partial charge on any atom is -0.381 e. The van der Waals surface area contributed by atoms with Crippen LogP contribution in [0.1, 0.15) is 31.2 Å². The van der Waals surface area contributed by atoms with E-state index in [0.717, 1.165) is 31.7 Å². The Morgan fingerprint density at radius 1 is 1.40 bits per heavy atom. The van der Waals surface area contributed by atoms with Crippen molar-refractivity contribution < 1.29 is 18.8 Å². The highest BCUT2D eigenvalue weighted by Gasteiger charge is 2.23. The Morgan fingerprint density at radius 2 is 2.15 bits per heavy atom. The maximum atomic E-state index is 13.9. The standard InChI is InChI=1S/C14H18FNO4/c1-19-11-5-3-6-12(8-11)20-9-10-4-2-7-13(14(10)15)16(17)18/h2,4,7,11-12H,3,5-6,8-9H2,1H3. The summed E-state index contributed by atoms with van der Waals surface area (Å²) in [5.74, 6) is -0.809. The first-order chi connectivity index (χ1) is 9.61. The van der Waals surface area contributed by atoms with E-state index in [1.165, 1.54) is 12.1 Å². The van der Waals surface area contributed by atoms with E-state index in [9.17, 15) is 14.5 Å². The fourth-order valence-electron chi connectivity index (χ4n) is 2.49. The molecule has 20 heavy (non-hydrogen) atoms. The molecular weight excluding hydrogens is 265 g/mol. The van der Waals surface area contributed by atoms with Gasteiger partial charge in [-0.3, -0.25) is 10.1 Å². The molecule has 2 unspecified atom stereocenters. The van der Waals surface area contributed by atoms with Crippen molar-refractivity contribution in [2.75, 3.05) is 7.11 Å². The number of nitro benzene ring substituents is 1. The second-order valence-corrected chi connectivity index (χ2v) is 4.96. The van der Waals surface area contributed by atoms with Crippen LogP contribution in [0.15, 0.2) is 18.2 Å². The molecule has 1 fully saturated rings. The maximum absolute atomic E-state index is 13.9. The molecule has 0 spiro atoms. The molecule has 1 aromatic rings. The molecule has 0 aliphatic heterocycles. The van der Waals surface area contributed by atoms with E-state index in [1.807, 2.05) is 0 Å². The van der Waals surface area contributed by atoms with Gasteiger partial charge in [-0.15, -0.1) is 0 Å². The molecule has 0 radical (unpaired) electrons. The van der Waals surface area contributed by atoms with Gasteiger partial charge in [0.15, 0.2) is 0 Å². The number of methoxy groups -OCH3 is 1. The maximum Gasteiger partial charge on any atom is 0.305 e. The van der Waals surface area contributed by atoms with Crippen molar-refractivity contribution in [1.82, 2.24) is 0 Å². The van der Waals surface area contributed by atoms with E-state index in [2.05, 4.69) is 0 Å². The molecule has 2 atom stereocenters. The van der Waals surface area contributed by atoms with Gasteiger partial charge in [-0.05, 0) is 25.7 Å². The zero-order valence-electron chi connectivity index (χ0n) is 11.4. The Morgan fingerprint density at radius 3 is 2.85 bits per heavy atom. The van der Waals surface area contributed by atoms with Crippen LogP contribution >= 0.6 is 0 Å². The number of ether oxygens (including phenoxy) is 2. The molecule has 0 amide bonds. The number of nitrogens with zero attached hydrogens (tertiary/aromatic N) is 1. The fourth-order valence-corrected chi connectivity index (χ4v) is 2.49. The lowest BCUT2D eigenvalue weighted by Gasteiger charge is -2.28. The highest BCUT2D eigenvalue weighted by atomic mass is 19.1. The third-order valence-electron chi connectivity index (χ3n) is 3.64. The second kappa shape index (κ2) is 6.76. The average molecular weight is 283 g/mol. The Hall–Kier alpha value is -1.53. The third-order valence-corrected chi connectivity index (χ3v) is 3.64. The molecule has 6 heteroatoms. The molecule has 1 aliphatic carbocycles. The van der Waals surface area contributed by atoms with Gasteiger partial charge in [0.2, 0.25) is 5.82 Å². The third kappa shape index (κ3) is 3.52. The summed E-state index contributed by atoms with van der Waals surface area (Å²) < 4.78 is 24.9. The number of halogens is 1. The zero-order valence-corrected chi connectivity index (χ0v) is 11.4. The van der Waals surface area contributed by atoms with Crippen LogP contribution in [0.2, 0.25) is 0 Å². The van der Waals surface area contributed by atoms with Gasteiger partial charge in [-0.25, -0.2) is 0 Å². The van der Waals surface area contributed by atoms with Gasteiger partial charge >= 0.3 is 5.69 Å². The summed E-state index contributed by atoms with van der Waals surface area (Å²) in [5.41, 5.74) is -0.289. The van der Waals surface area contributed by atoms with Gasteiger partial charge in [-0.1, -0.05) is 12.1 Å². The number of rotatable bonds is 5. The molecule has 5 nitrogen and oxygen atoms in total. The van der Waals surface area contributed by atoms with Crippen LogP contribution in [-0.4, -0.2) is 24.2 Å². The SMILES string of the molecule is COC1CCCC(OCc2cccc([N+](=O)[O-])c2F)C1. The van der Waals surface area contributed by atoms with Crippen LogP contribution in [0.25, 0.3) is 0 Å². The second-order valence-electron chi connectivity index (χ2n) is 4.96. The predicted octanol–water partition coefficient (Wildman–Crippen LogP) is 3.21. The van der Waals surface area contributed by atoms with Crippen LogP contribution in [0.3, 0.4) is 0 Å². The van der Waals surface area contributed by atoms with Crippen molar-refractivity contribution in [1.29, 1.82) is 0 Å². The predicted molar refractivity (Wildman–Crippen MR) is 70.9 cm³/mol. The Balaban J connectivity index is 1.97. The summed E-state index contributed by atoms with van der Waals surface area (Å²) in [6.07, 6.45) is 3.93. The monoisotopic (exact) mass is 283 g/mol. The van der Waals surface area contributed by atoms with Gasteiger partial charge in [0.25, 0.3) is 0 Å². The topological polar surface area (TPSA) is 61.6 Å².